The van der Waals surface area contributed by atoms with Gasteiger partial charge in [0, 0.05) is 5.54 Å². The summed E-state index contributed by atoms with van der Waals surface area (Å²) in [6, 6.07) is 7.16. The molecule has 4 fully saturated rings. The number of hydrogen-bond donors (Lipinski definition) is 1. The highest BCUT2D eigenvalue weighted by Gasteiger charge is 2.48. The van der Waals surface area contributed by atoms with Crippen LogP contribution in [0.3, 0.4) is 0 Å². The van der Waals surface area contributed by atoms with E-state index in [-0.39, 0.29) is 16.8 Å². The van der Waals surface area contributed by atoms with Crippen molar-refractivity contribution in [3.05, 3.63) is 35.6 Å². The van der Waals surface area contributed by atoms with E-state index in [1.54, 1.807) is 12.1 Å². The molecule has 1 unspecified atom stereocenters. The van der Waals surface area contributed by atoms with Gasteiger partial charge in [0.05, 0.1) is 6.42 Å². The average Bonchev–Trinajstić information content (AvgIpc) is 3.58. The van der Waals surface area contributed by atoms with E-state index in [9.17, 15) is 14.3 Å². The van der Waals surface area contributed by atoms with Crippen molar-refractivity contribution in [3.8, 4) is 0 Å². The zero-order valence-corrected chi connectivity index (χ0v) is 20.2. The number of benzene rings is 1. The molecular weight excluding hydrogens is 413 g/mol. The van der Waals surface area contributed by atoms with Crippen LogP contribution in [0.25, 0.3) is 0 Å². The summed E-state index contributed by atoms with van der Waals surface area (Å²) in [5.74, 6) is 2.10. The summed E-state index contributed by atoms with van der Waals surface area (Å²) in [4.78, 5) is 14.1. The Kier molecular flexibility index (Phi) is 6.84. The van der Waals surface area contributed by atoms with Crippen LogP contribution in [-0.4, -0.2) is 34.6 Å². The molecule has 0 aromatic heterocycles. The molecule has 0 spiro atoms. The van der Waals surface area contributed by atoms with Crippen molar-refractivity contribution in [2.75, 3.05) is 13.1 Å². The van der Waals surface area contributed by atoms with E-state index in [1.807, 2.05) is 12.1 Å². The lowest BCUT2D eigenvalue weighted by Crippen LogP contribution is -2.58. The van der Waals surface area contributed by atoms with Gasteiger partial charge in [0.2, 0.25) is 0 Å². The number of carboxylic acids is 1. The maximum atomic E-state index is 13.5. The summed E-state index contributed by atoms with van der Waals surface area (Å²) in [5.41, 5.74) is 1.45. The molecule has 0 amide bonds. The number of halogens is 1. The molecule has 0 radical (unpaired) electrons. The number of carboxylic acid groups (broad SMARTS) is 1. The van der Waals surface area contributed by atoms with Gasteiger partial charge in [0.1, 0.15) is 5.82 Å². The SMILES string of the molecule is O=C(O)CC1(N2CCC(CC[C@@H]3CC3C3CCCCC3)(Cc3ccc(F)cc3)CC2)CCC1. The number of carbonyl (C=O) groups is 1. The summed E-state index contributed by atoms with van der Waals surface area (Å²) in [6.45, 7) is 2.04. The van der Waals surface area contributed by atoms with Crippen molar-refractivity contribution in [2.45, 2.75) is 102 Å². The monoisotopic (exact) mass is 455 g/mol. The van der Waals surface area contributed by atoms with Gasteiger partial charge in [-0.3, -0.25) is 9.69 Å². The second kappa shape index (κ2) is 9.68. The Balaban J connectivity index is 1.23. The van der Waals surface area contributed by atoms with Gasteiger partial charge in [-0.2, -0.15) is 0 Å². The molecule has 1 aliphatic heterocycles. The van der Waals surface area contributed by atoms with E-state index in [0.717, 1.165) is 69.4 Å². The van der Waals surface area contributed by atoms with E-state index >= 15 is 0 Å². The number of rotatable bonds is 9. The molecule has 3 nitrogen and oxygen atoms in total. The highest BCUT2D eigenvalue weighted by atomic mass is 19.1. The Hall–Kier alpha value is -1.42. The highest BCUT2D eigenvalue weighted by Crippen LogP contribution is 2.54. The van der Waals surface area contributed by atoms with Crippen molar-refractivity contribution in [1.82, 2.24) is 4.90 Å². The lowest BCUT2D eigenvalue weighted by molar-refractivity contribution is -0.144. The molecule has 0 bridgehead atoms. The zero-order chi connectivity index (χ0) is 22.9. The first-order chi connectivity index (χ1) is 16.0. The Morgan fingerprint density at radius 3 is 2.30 bits per heavy atom. The summed E-state index contributed by atoms with van der Waals surface area (Å²) >= 11 is 0. The van der Waals surface area contributed by atoms with Gasteiger partial charge in [0.15, 0.2) is 0 Å². The van der Waals surface area contributed by atoms with Gasteiger partial charge in [0.25, 0.3) is 0 Å². The van der Waals surface area contributed by atoms with Crippen LogP contribution in [-0.2, 0) is 11.2 Å². The van der Waals surface area contributed by atoms with E-state index in [2.05, 4.69) is 4.90 Å². The number of aliphatic carboxylic acids is 1. The maximum Gasteiger partial charge on any atom is 0.305 e. The second-order valence-corrected chi connectivity index (χ2v) is 12.0. The summed E-state index contributed by atoms with van der Waals surface area (Å²) in [6.07, 6.45) is 18.2. The van der Waals surface area contributed by atoms with Crippen molar-refractivity contribution >= 4 is 5.97 Å². The van der Waals surface area contributed by atoms with Gasteiger partial charge in [-0.1, -0.05) is 44.2 Å². The molecule has 5 rings (SSSR count). The topological polar surface area (TPSA) is 40.5 Å². The zero-order valence-electron chi connectivity index (χ0n) is 20.2. The third kappa shape index (κ3) is 5.31. The predicted octanol–water partition coefficient (Wildman–Crippen LogP) is 6.84. The second-order valence-electron chi connectivity index (χ2n) is 12.0. The van der Waals surface area contributed by atoms with E-state index in [0.29, 0.717) is 6.42 Å². The third-order valence-corrected chi connectivity index (χ3v) is 10.0. The van der Waals surface area contributed by atoms with Crippen LogP contribution in [0.2, 0.25) is 0 Å². The summed E-state index contributed by atoms with van der Waals surface area (Å²) < 4.78 is 13.5. The number of piperidine rings is 1. The van der Waals surface area contributed by atoms with Crippen LogP contribution >= 0.6 is 0 Å². The lowest BCUT2D eigenvalue weighted by atomic mass is 9.67. The van der Waals surface area contributed by atoms with Gasteiger partial charge >= 0.3 is 5.97 Å². The van der Waals surface area contributed by atoms with E-state index in [4.69, 9.17) is 0 Å². The van der Waals surface area contributed by atoms with E-state index in [1.165, 1.54) is 56.9 Å². The van der Waals surface area contributed by atoms with Crippen LogP contribution in [0.4, 0.5) is 4.39 Å². The van der Waals surface area contributed by atoms with Crippen LogP contribution in [0.5, 0.6) is 0 Å². The van der Waals surface area contributed by atoms with E-state index < -0.39 is 5.97 Å². The number of nitrogens with zero attached hydrogens (tertiary/aromatic N) is 1. The molecule has 3 aliphatic carbocycles. The Bertz CT molecular complexity index is 803. The van der Waals surface area contributed by atoms with Crippen molar-refractivity contribution in [3.63, 3.8) is 0 Å². The normalized spacial score (nSPS) is 29.4. The van der Waals surface area contributed by atoms with Crippen molar-refractivity contribution in [2.24, 2.45) is 23.2 Å². The lowest BCUT2D eigenvalue weighted by Gasteiger charge is -2.54. The molecule has 33 heavy (non-hydrogen) atoms. The molecule has 2 atom stereocenters. The molecule has 4 heteroatoms. The molecule has 4 aliphatic rings. The first-order valence-electron chi connectivity index (χ1n) is 13.7. The predicted molar refractivity (Wildman–Crippen MR) is 130 cm³/mol. The van der Waals surface area contributed by atoms with Gasteiger partial charge in [-0.15, -0.1) is 0 Å². The molecule has 182 valence electrons. The first kappa shape index (κ1) is 23.3. The standard InChI is InChI=1S/C29H42FNO2/c30-25-9-7-22(8-10-25)20-28(14-11-24-19-26(24)23-5-2-1-3-6-23)15-17-31(18-16-28)29(12-4-13-29)21-27(32)33/h7-10,23-24,26H,1-6,11-21H2,(H,32,33)/t24-,26?/m1/s1. The fourth-order valence-electron chi connectivity index (χ4n) is 7.71. The van der Waals surface area contributed by atoms with Gasteiger partial charge in [-0.25, -0.2) is 4.39 Å². The quantitative estimate of drug-likeness (QED) is 0.443. The number of likely N-dealkylation sites (tertiary alicyclic amines) is 1. The average molecular weight is 456 g/mol. The number of hydrogen-bond acceptors (Lipinski definition) is 2. The van der Waals surface area contributed by atoms with Crippen LogP contribution < -0.4 is 0 Å². The van der Waals surface area contributed by atoms with Gasteiger partial charge in [-0.05, 0) is 112 Å². The Morgan fingerprint density at radius 1 is 1.00 bits per heavy atom. The summed E-state index contributed by atoms with van der Waals surface area (Å²) in [7, 11) is 0. The Labute approximate surface area is 199 Å². The largest absolute Gasteiger partial charge is 0.481 e. The molecular formula is C29H42FNO2. The smallest absolute Gasteiger partial charge is 0.305 e. The maximum absolute atomic E-state index is 13.5. The van der Waals surface area contributed by atoms with Crippen LogP contribution in [0, 0.1) is 29.0 Å². The fourth-order valence-corrected chi connectivity index (χ4v) is 7.71. The minimum Gasteiger partial charge on any atom is -0.481 e. The van der Waals surface area contributed by atoms with Crippen molar-refractivity contribution < 1.29 is 14.3 Å². The minimum atomic E-state index is -0.652. The van der Waals surface area contributed by atoms with Gasteiger partial charge < -0.3 is 5.11 Å². The highest BCUT2D eigenvalue weighted by molar-refractivity contribution is 5.68. The fraction of sp³-hybridized carbons (Fsp3) is 0.759. The minimum absolute atomic E-state index is 0.0869. The molecule has 3 saturated carbocycles. The molecule has 1 aromatic rings. The molecule has 1 heterocycles. The Morgan fingerprint density at radius 2 is 1.70 bits per heavy atom. The third-order valence-electron chi connectivity index (χ3n) is 10.0. The molecule has 1 N–H and O–H groups in total. The molecule has 1 saturated heterocycles. The summed E-state index contributed by atoms with van der Waals surface area (Å²) in [5, 5.41) is 9.49. The van der Waals surface area contributed by atoms with Crippen LogP contribution in [0.1, 0.15) is 95.5 Å². The first-order valence-corrected chi connectivity index (χ1v) is 13.7. The van der Waals surface area contributed by atoms with Crippen LogP contribution in [0.15, 0.2) is 24.3 Å². The molecule has 1 aromatic carbocycles. The van der Waals surface area contributed by atoms with Crippen molar-refractivity contribution in [1.29, 1.82) is 0 Å².